The zero-order valence-corrected chi connectivity index (χ0v) is 11.0. The summed E-state index contributed by atoms with van der Waals surface area (Å²) in [4.78, 5) is 11.1. The van der Waals surface area contributed by atoms with Crippen LogP contribution in [-0.4, -0.2) is 17.8 Å². The van der Waals surface area contributed by atoms with Gasteiger partial charge in [-0.25, -0.2) is 4.79 Å². The number of nitrogens with one attached hydrogen (secondary N) is 2. The lowest BCUT2D eigenvalue weighted by atomic mass is 10.1. The predicted molar refractivity (Wildman–Crippen MR) is 72.3 cm³/mol. The van der Waals surface area contributed by atoms with Crippen molar-refractivity contribution in [1.29, 1.82) is 0 Å². The molecule has 1 aromatic rings. The van der Waals surface area contributed by atoms with Crippen LogP contribution in [0.5, 0.6) is 0 Å². The number of amides is 1. The molecule has 0 atom stereocenters. The second kappa shape index (κ2) is 6.20. The number of hydrogen-bond acceptors (Lipinski definition) is 3. The molecule has 4 nitrogen and oxygen atoms in total. The van der Waals surface area contributed by atoms with Crippen LogP contribution in [0.1, 0.15) is 18.1 Å². The Hall–Kier alpha value is -1.62. The van der Waals surface area contributed by atoms with Crippen molar-refractivity contribution in [1.82, 2.24) is 5.32 Å². The molecule has 0 aliphatic carbocycles. The maximum Gasteiger partial charge on any atom is 0.413 e. The molecular formula is C12H16N2O2S. The van der Waals surface area contributed by atoms with Crippen molar-refractivity contribution in [2.75, 3.05) is 11.9 Å². The third kappa shape index (κ3) is 4.40. The monoisotopic (exact) mass is 252 g/mol. The van der Waals surface area contributed by atoms with Crippen LogP contribution >= 0.6 is 12.2 Å². The summed E-state index contributed by atoms with van der Waals surface area (Å²) in [6.07, 6.45) is -0.547. The fourth-order valence-corrected chi connectivity index (χ4v) is 1.44. The maximum atomic E-state index is 11.1. The Balaban J connectivity index is 2.56. The van der Waals surface area contributed by atoms with Gasteiger partial charge in [-0.05, 0) is 56.2 Å². The molecule has 0 bridgehead atoms. The summed E-state index contributed by atoms with van der Waals surface area (Å²) in [7, 11) is 0. The minimum absolute atomic E-state index is 0.228. The van der Waals surface area contributed by atoms with Crippen LogP contribution in [0.4, 0.5) is 10.5 Å². The minimum atomic E-state index is -0.547. The van der Waals surface area contributed by atoms with Crippen molar-refractivity contribution >= 4 is 29.1 Å². The van der Waals surface area contributed by atoms with E-state index in [1.54, 1.807) is 6.92 Å². The van der Waals surface area contributed by atoms with Gasteiger partial charge in [-0.3, -0.25) is 5.32 Å². The molecule has 2 N–H and O–H groups in total. The summed E-state index contributed by atoms with van der Waals surface area (Å²) >= 11 is 4.98. The first-order chi connectivity index (χ1) is 8.02. The molecule has 0 spiro atoms. The molecule has 0 saturated carbocycles. The van der Waals surface area contributed by atoms with Crippen LogP contribution in [0.15, 0.2) is 18.2 Å². The fraction of sp³-hybridized carbons (Fsp3) is 0.333. The molecule has 17 heavy (non-hydrogen) atoms. The Morgan fingerprint density at radius 3 is 2.65 bits per heavy atom. The normalized spacial score (nSPS) is 9.59. The van der Waals surface area contributed by atoms with E-state index in [1.165, 1.54) is 5.56 Å². The molecule has 0 radical (unpaired) electrons. The van der Waals surface area contributed by atoms with Gasteiger partial charge in [0.1, 0.15) is 0 Å². The van der Waals surface area contributed by atoms with Crippen LogP contribution in [0.3, 0.4) is 0 Å². The smallest absolute Gasteiger partial charge is 0.413 e. The maximum absolute atomic E-state index is 11.1. The molecular weight excluding hydrogens is 236 g/mol. The number of carbonyl (C=O) groups is 1. The van der Waals surface area contributed by atoms with E-state index in [9.17, 15) is 4.79 Å². The summed E-state index contributed by atoms with van der Waals surface area (Å²) in [5.74, 6) is 0. The van der Waals surface area contributed by atoms with Gasteiger partial charge in [0.2, 0.25) is 0 Å². The number of alkyl carbamates (subject to hydrolysis) is 1. The molecule has 1 rings (SSSR count). The first-order valence-electron chi connectivity index (χ1n) is 5.35. The Morgan fingerprint density at radius 2 is 2.06 bits per heavy atom. The van der Waals surface area contributed by atoms with E-state index in [1.807, 2.05) is 32.0 Å². The second-order valence-electron chi connectivity index (χ2n) is 3.60. The molecule has 1 aromatic carbocycles. The van der Waals surface area contributed by atoms with Gasteiger partial charge in [-0.15, -0.1) is 0 Å². The average molecular weight is 252 g/mol. The van der Waals surface area contributed by atoms with Crippen molar-refractivity contribution in [2.45, 2.75) is 20.8 Å². The Bertz CT molecular complexity index is 433. The number of rotatable bonds is 2. The second-order valence-corrected chi connectivity index (χ2v) is 4.01. The topological polar surface area (TPSA) is 50.4 Å². The average Bonchev–Trinajstić information content (AvgIpc) is 2.23. The van der Waals surface area contributed by atoms with Crippen molar-refractivity contribution < 1.29 is 9.53 Å². The summed E-state index contributed by atoms with van der Waals surface area (Å²) in [5, 5.41) is 5.57. The van der Waals surface area contributed by atoms with Crippen LogP contribution in [0.25, 0.3) is 0 Å². The highest BCUT2D eigenvalue weighted by molar-refractivity contribution is 7.80. The van der Waals surface area contributed by atoms with Crippen molar-refractivity contribution in [3.05, 3.63) is 29.3 Å². The minimum Gasteiger partial charge on any atom is -0.450 e. The highest BCUT2D eigenvalue weighted by atomic mass is 32.1. The van der Waals surface area contributed by atoms with E-state index < -0.39 is 6.09 Å². The van der Waals surface area contributed by atoms with Gasteiger partial charge in [0.25, 0.3) is 0 Å². The number of thiocarbonyl (C=S) groups is 1. The van der Waals surface area contributed by atoms with E-state index in [-0.39, 0.29) is 5.11 Å². The molecule has 0 aliphatic heterocycles. The van der Waals surface area contributed by atoms with E-state index in [0.29, 0.717) is 6.61 Å². The molecule has 0 unspecified atom stereocenters. The summed E-state index contributed by atoms with van der Waals surface area (Å²) < 4.78 is 4.72. The van der Waals surface area contributed by atoms with E-state index in [4.69, 9.17) is 17.0 Å². The molecule has 0 saturated heterocycles. The molecule has 1 amide bonds. The number of anilines is 1. The third-order valence-electron chi connectivity index (χ3n) is 2.26. The molecule has 5 heteroatoms. The SMILES string of the molecule is CCOC(=O)NC(=S)Nc1ccc(C)c(C)c1. The highest BCUT2D eigenvalue weighted by Crippen LogP contribution is 2.13. The van der Waals surface area contributed by atoms with E-state index >= 15 is 0 Å². The quantitative estimate of drug-likeness (QED) is 0.795. The Kier molecular flexibility index (Phi) is 4.90. The fourth-order valence-electron chi connectivity index (χ4n) is 1.24. The van der Waals surface area contributed by atoms with Gasteiger partial charge in [-0.2, -0.15) is 0 Å². The lowest BCUT2D eigenvalue weighted by Gasteiger charge is -2.10. The number of carbonyl (C=O) groups excluding carboxylic acids is 1. The van der Waals surface area contributed by atoms with Gasteiger partial charge < -0.3 is 10.1 Å². The van der Waals surface area contributed by atoms with Crippen molar-refractivity contribution in [3.8, 4) is 0 Å². The zero-order chi connectivity index (χ0) is 12.8. The lowest BCUT2D eigenvalue weighted by molar-refractivity contribution is 0.158. The molecule has 0 fully saturated rings. The first kappa shape index (κ1) is 13.4. The molecule has 0 aromatic heterocycles. The van der Waals surface area contributed by atoms with Crippen LogP contribution < -0.4 is 10.6 Å². The Labute approximate surface area is 106 Å². The molecule has 92 valence electrons. The van der Waals surface area contributed by atoms with Crippen LogP contribution in [0.2, 0.25) is 0 Å². The summed E-state index contributed by atoms with van der Waals surface area (Å²) in [5.41, 5.74) is 3.21. The van der Waals surface area contributed by atoms with E-state index in [0.717, 1.165) is 11.3 Å². The summed E-state index contributed by atoms with van der Waals surface area (Å²) in [6, 6.07) is 5.86. The van der Waals surface area contributed by atoms with Crippen molar-refractivity contribution in [3.63, 3.8) is 0 Å². The van der Waals surface area contributed by atoms with Gasteiger partial charge in [0.05, 0.1) is 6.61 Å². The molecule has 0 heterocycles. The zero-order valence-electron chi connectivity index (χ0n) is 10.2. The van der Waals surface area contributed by atoms with Gasteiger partial charge in [-0.1, -0.05) is 6.07 Å². The number of aryl methyl sites for hydroxylation is 2. The van der Waals surface area contributed by atoms with Gasteiger partial charge >= 0.3 is 6.09 Å². The highest BCUT2D eigenvalue weighted by Gasteiger charge is 2.04. The third-order valence-corrected chi connectivity index (χ3v) is 2.46. The lowest BCUT2D eigenvalue weighted by Crippen LogP contribution is -2.34. The number of benzene rings is 1. The first-order valence-corrected chi connectivity index (χ1v) is 5.75. The van der Waals surface area contributed by atoms with Crippen LogP contribution in [0, 0.1) is 13.8 Å². The van der Waals surface area contributed by atoms with Crippen molar-refractivity contribution in [2.24, 2.45) is 0 Å². The number of hydrogen-bond donors (Lipinski definition) is 2. The summed E-state index contributed by atoms with van der Waals surface area (Å²) in [6.45, 7) is 6.11. The largest absolute Gasteiger partial charge is 0.450 e. The number of ether oxygens (including phenoxy) is 1. The van der Waals surface area contributed by atoms with Gasteiger partial charge in [0.15, 0.2) is 5.11 Å². The predicted octanol–water partition coefficient (Wildman–Crippen LogP) is 2.75. The van der Waals surface area contributed by atoms with Crippen LogP contribution in [-0.2, 0) is 4.74 Å². The molecule has 0 aliphatic rings. The standard InChI is InChI=1S/C12H16N2O2S/c1-4-16-12(15)14-11(17)13-10-6-5-8(2)9(3)7-10/h5-7H,4H2,1-3H3,(H2,13,14,15,17). The van der Waals surface area contributed by atoms with E-state index in [2.05, 4.69) is 10.6 Å². The Morgan fingerprint density at radius 1 is 1.35 bits per heavy atom. The van der Waals surface area contributed by atoms with Gasteiger partial charge in [0, 0.05) is 5.69 Å².